The average molecular weight is 293 g/mol. The van der Waals surface area contributed by atoms with Crippen LogP contribution in [0.5, 0.6) is 0 Å². The quantitative estimate of drug-likeness (QED) is 0.602. The molecule has 0 aromatic carbocycles. The minimum absolute atomic E-state index is 1.07. The molecular weight excluding hydrogens is 280 g/mol. The van der Waals surface area contributed by atoms with Gasteiger partial charge in [0.15, 0.2) is 0 Å². The zero-order chi connectivity index (χ0) is 6.20. The molecule has 1 fully saturated rings. The molecule has 0 N–H and O–H groups in total. The van der Waals surface area contributed by atoms with Crippen molar-refractivity contribution < 1.29 is 0 Å². The fraction of sp³-hybridized carbons (Fsp3) is 1.00. The Kier molecular flexibility index (Phi) is 2.29. The molecule has 0 bridgehead atoms. The second-order valence-corrected chi connectivity index (χ2v) is 22.0. The molecule has 0 saturated carbocycles. The molecule has 2 unspecified atom stereocenters. The van der Waals surface area contributed by atoms with Crippen LogP contribution in [0.25, 0.3) is 0 Å². The second kappa shape index (κ2) is 2.48. The molecule has 0 amide bonds. The third kappa shape index (κ3) is 1.40. The average Bonchev–Trinajstić information content (AvgIpc) is 1.86. The van der Waals surface area contributed by atoms with Gasteiger partial charge in [0.05, 0.1) is 0 Å². The Hall–Kier alpha value is 1.27. The molecule has 8 heavy (non-hydrogen) atoms. The Morgan fingerprint density at radius 3 is 2.38 bits per heavy atom. The number of rotatable bonds is 0. The van der Waals surface area contributed by atoms with Crippen LogP contribution < -0.4 is 0 Å². The summed E-state index contributed by atoms with van der Waals surface area (Å²) in [4.78, 5) is 2.49. The van der Waals surface area contributed by atoms with Gasteiger partial charge >= 0.3 is 61.9 Å². The summed E-state index contributed by atoms with van der Waals surface area (Å²) < 4.78 is 2.61. The van der Waals surface area contributed by atoms with Gasteiger partial charge in [0.2, 0.25) is 0 Å². The first-order valence-corrected chi connectivity index (χ1v) is 13.6. The van der Waals surface area contributed by atoms with Crippen molar-refractivity contribution in [2.45, 2.75) is 33.2 Å². The first kappa shape index (κ1) is 7.38. The number of hydrogen-bond acceptors (Lipinski definition) is 0. The molecule has 0 aromatic rings. The first-order valence-electron chi connectivity index (χ1n) is 3.07. The molecule has 1 rings (SSSR count). The molecule has 50 valence electrons. The summed E-state index contributed by atoms with van der Waals surface area (Å²) in [6.07, 6.45) is 2.98. The van der Waals surface area contributed by atoms with Gasteiger partial charge in [-0.25, -0.2) is 0 Å². The Balaban J connectivity index is 2.54. The van der Waals surface area contributed by atoms with Gasteiger partial charge in [0.25, 0.3) is 0 Å². The van der Waals surface area contributed by atoms with Crippen molar-refractivity contribution in [1.82, 2.24) is 0 Å². The minimum atomic E-state index is -1.31. The van der Waals surface area contributed by atoms with E-state index in [4.69, 9.17) is 0 Å². The summed E-state index contributed by atoms with van der Waals surface area (Å²) >= 11 is 2.59. The summed E-state index contributed by atoms with van der Waals surface area (Å²) in [7, 11) is 0. The zero-order valence-corrected chi connectivity index (χ0v) is 9.40. The molecule has 1 heterocycles. The van der Waals surface area contributed by atoms with E-state index in [0.717, 1.165) is 3.97 Å². The van der Waals surface area contributed by atoms with Crippen LogP contribution in [0, 0.1) is 0 Å². The molecule has 1 aliphatic rings. The van der Waals surface area contributed by atoms with Crippen molar-refractivity contribution >= 4 is 28.7 Å². The molecule has 2 heteroatoms. The Bertz CT molecular complexity index is 90.5. The normalized spacial score (nSPS) is 55.6. The molecule has 2 atom stereocenters. The molecule has 1 aliphatic heterocycles. The summed E-state index contributed by atoms with van der Waals surface area (Å²) in [5.74, 6) is 0. The third-order valence-electron chi connectivity index (χ3n) is 1.99. The Morgan fingerprint density at radius 2 is 2.25 bits per heavy atom. The molecule has 1 saturated heterocycles. The van der Waals surface area contributed by atoms with Crippen molar-refractivity contribution in [3.05, 3.63) is 0 Å². The van der Waals surface area contributed by atoms with Gasteiger partial charge in [-0.15, -0.1) is 0 Å². The molecule has 0 nitrogen and oxygen atoms in total. The third-order valence-corrected chi connectivity index (χ3v) is 17.0. The van der Waals surface area contributed by atoms with E-state index in [1.807, 2.05) is 0 Å². The van der Waals surface area contributed by atoms with Crippen LogP contribution in [0.15, 0.2) is 0 Å². The van der Waals surface area contributed by atoms with Gasteiger partial charge in [0.1, 0.15) is 0 Å². The number of hydrogen-bond donors (Lipinski definition) is 0. The summed E-state index contributed by atoms with van der Waals surface area (Å²) in [5.41, 5.74) is 0. The van der Waals surface area contributed by atoms with E-state index in [-0.39, 0.29) is 0 Å². The fourth-order valence-electron chi connectivity index (χ4n) is 1.10. The van der Waals surface area contributed by atoms with E-state index in [1.54, 1.807) is 4.47 Å². The fourth-order valence-corrected chi connectivity index (χ4v) is 9.00. The van der Waals surface area contributed by atoms with Crippen molar-refractivity contribution in [2.24, 2.45) is 0 Å². The van der Waals surface area contributed by atoms with Crippen molar-refractivity contribution in [2.75, 3.05) is 0 Å². The zero-order valence-electron chi connectivity index (χ0n) is 5.48. The van der Waals surface area contributed by atoms with Crippen LogP contribution in [0.4, 0.5) is 0 Å². The van der Waals surface area contributed by atoms with Gasteiger partial charge in [-0.2, -0.15) is 0 Å². The maximum absolute atomic E-state index is 3.90. The molecular formula is C6H13BrTe. The summed E-state index contributed by atoms with van der Waals surface area (Å²) in [6, 6.07) is 0. The molecule has 0 aliphatic carbocycles. The van der Waals surface area contributed by atoms with E-state index >= 15 is 0 Å². The van der Waals surface area contributed by atoms with E-state index in [2.05, 4.69) is 24.7 Å². The van der Waals surface area contributed by atoms with E-state index in [9.17, 15) is 0 Å². The second-order valence-electron chi connectivity index (χ2n) is 2.70. The van der Waals surface area contributed by atoms with Gasteiger partial charge in [0, 0.05) is 0 Å². The van der Waals surface area contributed by atoms with E-state index < -0.39 is 16.0 Å². The van der Waals surface area contributed by atoms with Crippen LogP contribution in [0.3, 0.4) is 0 Å². The number of halogens is 1. The first-order chi connectivity index (χ1) is 3.63. The molecule has 0 radical (unpaired) electrons. The predicted molar refractivity (Wildman–Crippen MR) is 44.0 cm³/mol. The monoisotopic (exact) mass is 294 g/mol. The Labute approximate surface area is 61.6 Å². The van der Waals surface area contributed by atoms with Gasteiger partial charge in [-0.3, -0.25) is 0 Å². The van der Waals surface area contributed by atoms with Crippen molar-refractivity contribution in [3.8, 4) is 0 Å². The van der Waals surface area contributed by atoms with Crippen LogP contribution >= 0.6 is 12.8 Å². The van der Waals surface area contributed by atoms with Crippen LogP contribution in [-0.2, 0) is 0 Å². The topological polar surface area (TPSA) is 0 Å². The van der Waals surface area contributed by atoms with Crippen LogP contribution in [-0.4, -0.2) is 16.0 Å². The standard InChI is InChI=1S/C6H13BrTe/c1-6-4-3-5-8(6,2)7/h6H,3-5H2,1-2H3. The Morgan fingerprint density at radius 1 is 1.62 bits per heavy atom. The molecule has 0 spiro atoms. The van der Waals surface area contributed by atoms with E-state index in [0.29, 0.717) is 0 Å². The summed E-state index contributed by atoms with van der Waals surface area (Å²) in [6.45, 7) is 2.41. The van der Waals surface area contributed by atoms with E-state index in [1.165, 1.54) is 12.8 Å². The SMILES string of the molecule is CC1CCC[Te]1(C)Br. The predicted octanol–water partition coefficient (Wildman–Crippen LogP) is 3.14. The maximum atomic E-state index is 3.90. The van der Waals surface area contributed by atoms with Crippen molar-refractivity contribution in [3.63, 3.8) is 0 Å². The molecule has 0 aromatic heterocycles. The van der Waals surface area contributed by atoms with Crippen LogP contribution in [0.1, 0.15) is 19.8 Å². The van der Waals surface area contributed by atoms with Gasteiger partial charge in [-0.1, -0.05) is 0 Å². The summed E-state index contributed by atoms with van der Waals surface area (Å²) in [5, 5.41) is 0. The van der Waals surface area contributed by atoms with Gasteiger partial charge < -0.3 is 0 Å². The van der Waals surface area contributed by atoms with Gasteiger partial charge in [-0.05, 0) is 0 Å². The van der Waals surface area contributed by atoms with Crippen LogP contribution in [0.2, 0.25) is 13.4 Å². The van der Waals surface area contributed by atoms with Crippen molar-refractivity contribution in [1.29, 1.82) is 0 Å².